The molecule has 1 atom stereocenters. The van der Waals surface area contributed by atoms with Gasteiger partial charge in [-0.2, -0.15) is 0 Å². The fourth-order valence-electron chi connectivity index (χ4n) is 2.98. The highest BCUT2D eigenvalue weighted by Gasteiger charge is 2.41. The van der Waals surface area contributed by atoms with Gasteiger partial charge in [-0.05, 0) is 19.3 Å². The number of amides is 2. The zero-order valence-corrected chi connectivity index (χ0v) is 10.6. The molecule has 0 unspecified atom stereocenters. The minimum Gasteiger partial charge on any atom is -0.352 e. The molecule has 0 aromatic heterocycles. The van der Waals surface area contributed by atoms with E-state index in [9.17, 15) is 9.59 Å². The highest BCUT2D eigenvalue weighted by molar-refractivity contribution is 5.73. The van der Waals surface area contributed by atoms with Crippen molar-refractivity contribution >= 4 is 11.8 Å². The van der Waals surface area contributed by atoms with E-state index in [1.54, 1.807) is 13.8 Å². The van der Waals surface area contributed by atoms with E-state index in [-0.39, 0.29) is 23.4 Å². The van der Waals surface area contributed by atoms with Gasteiger partial charge >= 0.3 is 0 Å². The topological polar surface area (TPSA) is 61.4 Å². The van der Waals surface area contributed by atoms with Gasteiger partial charge in [-0.1, -0.05) is 0 Å². The van der Waals surface area contributed by atoms with Crippen molar-refractivity contribution in [1.29, 1.82) is 0 Å². The van der Waals surface area contributed by atoms with Crippen LogP contribution in [0.25, 0.3) is 0 Å². The second kappa shape index (κ2) is 4.64. The summed E-state index contributed by atoms with van der Waals surface area (Å²) in [5.41, 5.74) is 0.138. The van der Waals surface area contributed by atoms with Gasteiger partial charge in [0.2, 0.25) is 11.8 Å². The molecule has 5 heteroatoms. The van der Waals surface area contributed by atoms with Crippen LogP contribution in [-0.4, -0.2) is 47.9 Å². The number of piperidine rings is 1. The van der Waals surface area contributed by atoms with Gasteiger partial charge in [0, 0.05) is 45.1 Å². The van der Waals surface area contributed by atoms with E-state index in [1.165, 1.54) is 0 Å². The normalized spacial score (nSPS) is 27.2. The first-order valence-electron chi connectivity index (χ1n) is 6.28. The zero-order chi connectivity index (χ0) is 12.5. The van der Waals surface area contributed by atoms with Crippen LogP contribution < -0.4 is 10.6 Å². The molecule has 2 fully saturated rings. The summed E-state index contributed by atoms with van der Waals surface area (Å²) in [4.78, 5) is 24.2. The molecule has 96 valence electrons. The maximum atomic E-state index is 11.3. The third-order valence-electron chi connectivity index (χ3n) is 3.93. The molecule has 17 heavy (non-hydrogen) atoms. The monoisotopic (exact) mass is 239 g/mol. The van der Waals surface area contributed by atoms with Gasteiger partial charge < -0.3 is 15.5 Å². The first kappa shape index (κ1) is 12.4. The number of nitrogens with zero attached hydrogens (tertiary/aromatic N) is 1. The summed E-state index contributed by atoms with van der Waals surface area (Å²) in [5.74, 6) is 0.200. The number of hydrogen-bond acceptors (Lipinski definition) is 3. The van der Waals surface area contributed by atoms with Gasteiger partial charge in [-0.3, -0.25) is 9.59 Å². The predicted molar refractivity (Wildman–Crippen MR) is 64.4 cm³/mol. The van der Waals surface area contributed by atoms with Gasteiger partial charge in [-0.25, -0.2) is 0 Å². The van der Waals surface area contributed by atoms with Crippen molar-refractivity contribution in [2.45, 2.75) is 44.7 Å². The molecule has 2 rings (SSSR count). The molecule has 2 N–H and O–H groups in total. The van der Waals surface area contributed by atoms with Gasteiger partial charge in [0.05, 0.1) is 0 Å². The number of nitrogens with one attached hydrogen (secondary N) is 2. The quantitative estimate of drug-likeness (QED) is 0.670. The fraction of sp³-hybridized carbons (Fsp3) is 0.833. The molecule has 0 saturated carbocycles. The molecule has 0 aliphatic carbocycles. The summed E-state index contributed by atoms with van der Waals surface area (Å²) in [7, 11) is 0. The molecule has 2 aliphatic rings. The molecule has 5 nitrogen and oxygen atoms in total. The lowest BCUT2D eigenvalue weighted by Gasteiger charge is -2.39. The first-order valence-corrected chi connectivity index (χ1v) is 6.28. The van der Waals surface area contributed by atoms with Crippen LogP contribution in [0.1, 0.15) is 33.1 Å². The number of rotatable bonds is 1. The Morgan fingerprint density at radius 2 is 1.94 bits per heavy atom. The van der Waals surface area contributed by atoms with Crippen LogP contribution in [0.15, 0.2) is 0 Å². The second-order valence-corrected chi connectivity index (χ2v) is 5.27. The Hall–Kier alpha value is -1.10. The molecule has 2 heterocycles. The molecular formula is C12H21N3O2. The Morgan fingerprint density at radius 1 is 1.29 bits per heavy atom. The van der Waals surface area contributed by atoms with E-state index in [1.807, 2.05) is 4.90 Å². The summed E-state index contributed by atoms with van der Waals surface area (Å²) in [5, 5.41) is 6.50. The van der Waals surface area contributed by atoms with Crippen molar-refractivity contribution in [3.8, 4) is 0 Å². The standard InChI is InChI=1S/C12H21N3O2/c1-9(16)14-11-7-12(13-8-11)3-5-15(6-4-12)10(2)17/h11,13H,3-8H2,1-2H3,(H,14,16)/t11-/m1/s1. The average molecular weight is 239 g/mol. The van der Waals surface area contributed by atoms with Crippen LogP contribution >= 0.6 is 0 Å². The predicted octanol–water partition coefficient (Wildman–Crippen LogP) is -0.134. The van der Waals surface area contributed by atoms with Gasteiger partial charge in [0.25, 0.3) is 0 Å². The Labute approximate surface area is 102 Å². The highest BCUT2D eigenvalue weighted by Crippen LogP contribution is 2.31. The number of carbonyl (C=O) groups excluding carboxylic acids is 2. The van der Waals surface area contributed by atoms with Crippen molar-refractivity contribution in [1.82, 2.24) is 15.5 Å². The number of carbonyl (C=O) groups is 2. The SMILES string of the molecule is CC(=O)N[C@H]1CNC2(CCN(C(C)=O)CC2)C1. The van der Waals surface area contributed by atoms with Crippen molar-refractivity contribution in [2.75, 3.05) is 19.6 Å². The number of hydrogen-bond donors (Lipinski definition) is 2. The molecule has 0 bridgehead atoms. The lowest BCUT2D eigenvalue weighted by atomic mass is 9.85. The van der Waals surface area contributed by atoms with E-state index in [0.29, 0.717) is 0 Å². The Kier molecular flexibility index (Phi) is 3.38. The van der Waals surface area contributed by atoms with Crippen LogP contribution in [-0.2, 0) is 9.59 Å². The third-order valence-corrected chi connectivity index (χ3v) is 3.93. The van der Waals surface area contributed by atoms with E-state index in [2.05, 4.69) is 10.6 Å². The largest absolute Gasteiger partial charge is 0.352 e. The van der Waals surface area contributed by atoms with Gasteiger partial charge in [0.15, 0.2) is 0 Å². The minimum atomic E-state index is 0.0371. The zero-order valence-electron chi connectivity index (χ0n) is 10.6. The Morgan fingerprint density at radius 3 is 2.47 bits per heavy atom. The lowest BCUT2D eigenvalue weighted by Crippen LogP contribution is -2.51. The third kappa shape index (κ3) is 2.77. The van der Waals surface area contributed by atoms with Crippen LogP contribution in [0.3, 0.4) is 0 Å². The maximum absolute atomic E-state index is 11.3. The Bertz CT molecular complexity index is 322. The molecular weight excluding hydrogens is 218 g/mol. The van der Waals surface area contributed by atoms with Gasteiger partial charge in [0.1, 0.15) is 0 Å². The van der Waals surface area contributed by atoms with Crippen molar-refractivity contribution in [3.05, 3.63) is 0 Å². The average Bonchev–Trinajstić information content (AvgIpc) is 2.61. The van der Waals surface area contributed by atoms with E-state index in [4.69, 9.17) is 0 Å². The van der Waals surface area contributed by atoms with Crippen LogP contribution in [0.2, 0.25) is 0 Å². The summed E-state index contributed by atoms with van der Waals surface area (Å²) in [6.45, 7) is 5.69. The van der Waals surface area contributed by atoms with Crippen LogP contribution in [0.5, 0.6) is 0 Å². The van der Waals surface area contributed by atoms with Crippen LogP contribution in [0, 0.1) is 0 Å². The van der Waals surface area contributed by atoms with Crippen molar-refractivity contribution < 1.29 is 9.59 Å². The molecule has 2 aliphatic heterocycles. The van der Waals surface area contributed by atoms with Crippen molar-refractivity contribution in [3.63, 3.8) is 0 Å². The van der Waals surface area contributed by atoms with E-state index in [0.717, 1.165) is 38.9 Å². The number of likely N-dealkylation sites (tertiary alicyclic amines) is 1. The van der Waals surface area contributed by atoms with E-state index < -0.39 is 0 Å². The minimum absolute atomic E-state index is 0.0371. The summed E-state index contributed by atoms with van der Waals surface area (Å²) in [6, 6.07) is 0.247. The molecule has 2 amide bonds. The second-order valence-electron chi connectivity index (χ2n) is 5.27. The van der Waals surface area contributed by atoms with E-state index >= 15 is 0 Å². The lowest BCUT2D eigenvalue weighted by molar-refractivity contribution is -0.130. The van der Waals surface area contributed by atoms with Gasteiger partial charge in [-0.15, -0.1) is 0 Å². The molecule has 0 radical (unpaired) electrons. The summed E-state index contributed by atoms with van der Waals surface area (Å²) >= 11 is 0. The smallest absolute Gasteiger partial charge is 0.219 e. The van der Waals surface area contributed by atoms with Crippen LogP contribution in [0.4, 0.5) is 0 Å². The molecule has 2 saturated heterocycles. The maximum Gasteiger partial charge on any atom is 0.219 e. The molecule has 1 spiro atoms. The highest BCUT2D eigenvalue weighted by atomic mass is 16.2. The molecule has 0 aromatic carbocycles. The van der Waals surface area contributed by atoms with Crippen molar-refractivity contribution in [2.24, 2.45) is 0 Å². The Balaban J connectivity index is 1.87. The fourth-order valence-corrected chi connectivity index (χ4v) is 2.98. The molecule has 0 aromatic rings. The summed E-state index contributed by atoms with van der Waals surface area (Å²) < 4.78 is 0. The summed E-state index contributed by atoms with van der Waals surface area (Å²) in [6.07, 6.45) is 2.96. The first-order chi connectivity index (χ1) is 8.01.